The molecule has 0 N–H and O–H groups in total. The number of halogens is 1. The molecule has 1 spiro atoms. The maximum absolute atomic E-state index is 15.4. The van der Waals surface area contributed by atoms with E-state index in [1.807, 2.05) is 0 Å². The predicted molar refractivity (Wildman–Crippen MR) is 141 cm³/mol. The number of fused-ring (bicyclic) bond motifs is 2. The van der Waals surface area contributed by atoms with Crippen LogP contribution >= 0.6 is 0 Å². The van der Waals surface area contributed by atoms with Gasteiger partial charge in [0.05, 0.1) is 25.1 Å². The Kier molecular flexibility index (Phi) is 6.12. The number of methoxy groups -OCH3 is 1. The van der Waals surface area contributed by atoms with E-state index in [1.54, 1.807) is 55.3 Å². The lowest BCUT2D eigenvalue weighted by atomic mass is 9.88. The zero-order chi connectivity index (χ0) is 27.3. The maximum Gasteiger partial charge on any atom is 0.359 e. The first kappa shape index (κ1) is 25.1. The van der Waals surface area contributed by atoms with Crippen LogP contribution in [0.15, 0.2) is 42.5 Å². The monoisotopic (exact) mass is 532 g/mol. The third-order valence-electron chi connectivity index (χ3n) is 7.82. The van der Waals surface area contributed by atoms with Crippen LogP contribution in [0.3, 0.4) is 0 Å². The van der Waals surface area contributed by atoms with Gasteiger partial charge in [-0.1, -0.05) is 0 Å². The van der Waals surface area contributed by atoms with Crippen LogP contribution in [-0.4, -0.2) is 54.4 Å². The molecular formula is C29H29FN4O5. The Labute approximate surface area is 225 Å². The van der Waals surface area contributed by atoms with Crippen molar-refractivity contribution in [1.82, 2.24) is 9.78 Å². The van der Waals surface area contributed by atoms with Gasteiger partial charge >= 0.3 is 5.97 Å². The summed E-state index contributed by atoms with van der Waals surface area (Å²) in [6.07, 6.45) is 3.54. The van der Waals surface area contributed by atoms with Gasteiger partial charge in [0.15, 0.2) is 5.69 Å². The molecule has 2 aliphatic heterocycles. The largest absolute Gasteiger partial charge is 0.497 e. The molecule has 1 saturated carbocycles. The van der Waals surface area contributed by atoms with Crippen molar-refractivity contribution in [2.24, 2.45) is 0 Å². The molecule has 202 valence electrons. The van der Waals surface area contributed by atoms with Crippen LogP contribution in [0.5, 0.6) is 5.75 Å². The highest BCUT2D eigenvalue weighted by Gasteiger charge is 2.56. The fourth-order valence-electron chi connectivity index (χ4n) is 5.66. The maximum atomic E-state index is 15.4. The Morgan fingerprint density at radius 3 is 2.44 bits per heavy atom. The fourth-order valence-corrected chi connectivity index (χ4v) is 5.66. The molecule has 0 unspecified atom stereocenters. The average molecular weight is 533 g/mol. The number of benzene rings is 2. The van der Waals surface area contributed by atoms with E-state index in [2.05, 4.69) is 5.10 Å². The topological polar surface area (TPSA) is 94.0 Å². The molecule has 0 bridgehead atoms. The molecule has 1 aromatic heterocycles. The first-order valence-electron chi connectivity index (χ1n) is 13.2. The van der Waals surface area contributed by atoms with Gasteiger partial charge in [-0.2, -0.15) is 5.10 Å². The van der Waals surface area contributed by atoms with E-state index in [9.17, 15) is 14.4 Å². The van der Waals surface area contributed by atoms with E-state index >= 15 is 4.39 Å². The second-order valence-electron chi connectivity index (χ2n) is 10.2. The van der Waals surface area contributed by atoms with Crippen LogP contribution in [-0.2, 0) is 14.9 Å². The van der Waals surface area contributed by atoms with E-state index in [1.165, 1.54) is 15.6 Å². The van der Waals surface area contributed by atoms with Crippen molar-refractivity contribution in [1.29, 1.82) is 0 Å². The normalized spacial score (nSPS) is 17.8. The van der Waals surface area contributed by atoms with Crippen LogP contribution in [0.4, 0.5) is 15.8 Å². The number of piperidine rings is 1. The van der Waals surface area contributed by atoms with Crippen molar-refractivity contribution in [3.05, 3.63) is 65.2 Å². The van der Waals surface area contributed by atoms with Gasteiger partial charge in [0.1, 0.15) is 17.3 Å². The number of hydrogen-bond donors (Lipinski definition) is 0. The van der Waals surface area contributed by atoms with Gasteiger partial charge in [0.25, 0.3) is 5.91 Å². The minimum absolute atomic E-state index is 0.0987. The number of rotatable bonds is 6. The molecule has 1 saturated heterocycles. The number of amides is 2. The smallest absolute Gasteiger partial charge is 0.359 e. The number of anilines is 2. The van der Waals surface area contributed by atoms with Gasteiger partial charge in [0, 0.05) is 36.2 Å². The molecule has 3 aliphatic rings. The van der Waals surface area contributed by atoms with E-state index in [0.29, 0.717) is 42.2 Å². The van der Waals surface area contributed by atoms with Crippen LogP contribution in [0.25, 0.3) is 5.69 Å². The van der Waals surface area contributed by atoms with E-state index in [4.69, 9.17) is 9.47 Å². The van der Waals surface area contributed by atoms with Gasteiger partial charge in [-0.25, -0.2) is 13.9 Å². The number of aromatic nitrogens is 2. The Balaban J connectivity index is 1.44. The molecule has 2 aromatic carbocycles. The zero-order valence-electron chi connectivity index (χ0n) is 21.9. The third kappa shape index (κ3) is 4.14. The molecule has 2 amide bonds. The highest BCUT2D eigenvalue weighted by molar-refractivity contribution is 6.10. The van der Waals surface area contributed by atoms with Crippen molar-refractivity contribution < 1.29 is 28.2 Å². The van der Waals surface area contributed by atoms with Crippen LogP contribution < -0.4 is 14.5 Å². The quantitative estimate of drug-likeness (QED) is 0.437. The van der Waals surface area contributed by atoms with E-state index < -0.39 is 17.2 Å². The van der Waals surface area contributed by atoms with Gasteiger partial charge in [-0.15, -0.1) is 0 Å². The minimum atomic E-state index is -0.574. The molecule has 9 nitrogen and oxygen atoms in total. The second-order valence-corrected chi connectivity index (χ2v) is 10.2. The predicted octanol–water partition coefficient (Wildman–Crippen LogP) is 4.41. The lowest BCUT2D eigenvalue weighted by Gasteiger charge is -2.34. The summed E-state index contributed by atoms with van der Waals surface area (Å²) >= 11 is 0. The van der Waals surface area contributed by atoms with Gasteiger partial charge < -0.3 is 19.3 Å². The summed E-state index contributed by atoms with van der Waals surface area (Å²) in [6, 6.07) is 11.6. The summed E-state index contributed by atoms with van der Waals surface area (Å²) in [5.74, 6) is -0.974. The van der Waals surface area contributed by atoms with Crippen molar-refractivity contribution >= 4 is 29.2 Å². The Hall–Kier alpha value is -4.21. The van der Waals surface area contributed by atoms with Crippen molar-refractivity contribution in [2.75, 3.05) is 36.6 Å². The Morgan fingerprint density at radius 1 is 1.05 bits per heavy atom. The highest BCUT2D eigenvalue weighted by Crippen LogP contribution is 2.54. The zero-order valence-corrected chi connectivity index (χ0v) is 21.9. The lowest BCUT2D eigenvalue weighted by Crippen LogP contribution is -2.45. The number of carbonyl (C=O) groups is 3. The summed E-state index contributed by atoms with van der Waals surface area (Å²) in [5.41, 5.74) is 1.72. The molecule has 1 aliphatic carbocycles. The number of esters is 1. The average Bonchev–Trinajstić information content (AvgIpc) is 3.59. The number of carbonyl (C=O) groups excluding carboxylic acids is 3. The number of ether oxygens (including phenoxy) is 2. The van der Waals surface area contributed by atoms with Crippen LogP contribution in [0.2, 0.25) is 0 Å². The summed E-state index contributed by atoms with van der Waals surface area (Å²) < 4.78 is 27.4. The molecular weight excluding hydrogens is 503 g/mol. The highest BCUT2D eigenvalue weighted by atomic mass is 19.1. The molecule has 0 radical (unpaired) electrons. The first-order valence-corrected chi connectivity index (χ1v) is 13.2. The Morgan fingerprint density at radius 2 is 1.79 bits per heavy atom. The number of hydrogen-bond acceptors (Lipinski definition) is 6. The lowest BCUT2D eigenvalue weighted by molar-refractivity contribution is -0.119. The fraction of sp³-hybridized carbons (Fsp3) is 0.379. The summed E-state index contributed by atoms with van der Waals surface area (Å²) in [5, 5.41) is 4.59. The first-order chi connectivity index (χ1) is 18.9. The summed E-state index contributed by atoms with van der Waals surface area (Å²) in [4.78, 5) is 42.5. The van der Waals surface area contributed by atoms with Crippen LogP contribution in [0, 0.1) is 5.82 Å². The summed E-state index contributed by atoms with van der Waals surface area (Å²) in [7, 11) is 1.56. The number of nitrogens with zero attached hydrogens (tertiary/aromatic N) is 4. The molecule has 3 aromatic rings. The van der Waals surface area contributed by atoms with Gasteiger partial charge in [-0.05, 0) is 75.1 Å². The molecule has 39 heavy (non-hydrogen) atoms. The molecule has 6 rings (SSSR count). The summed E-state index contributed by atoms with van der Waals surface area (Å²) in [6.45, 7) is 2.67. The van der Waals surface area contributed by atoms with E-state index in [0.717, 1.165) is 25.7 Å². The van der Waals surface area contributed by atoms with Gasteiger partial charge in [0.2, 0.25) is 5.91 Å². The van der Waals surface area contributed by atoms with Crippen molar-refractivity contribution in [3.63, 3.8) is 0 Å². The van der Waals surface area contributed by atoms with Crippen LogP contribution in [0.1, 0.15) is 65.6 Å². The molecule has 3 heterocycles. The molecule has 2 fully saturated rings. The standard InChI is InChI=1S/C29H29FN4O5/c1-3-39-28(37)25-24-26(34(31-25)18-7-10-20(38-2)11-8-18)27(36)33(17-29(24)13-14-29)19-9-12-22(21(30)16-19)32-15-5-4-6-23(32)35/h7-12,16H,3-6,13-15,17H2,1-2H3. The van der Waals surface area contributed by atoms with E-state index in [-0.39, 0.29) is 35.5 Å². The van der Waals surface area contributed by atoms with Crippen molar-refractivity contribution in [2.45, 2.75) is 44.4 Å². The van der Waals surface area contributed by atoms with Gasteiger partial charge in [-0.3, -0.25) is 9.59 Å². The minimum Gasteiger partial charge on any atom is -0.497 e. The second kappa shape index (κ2) is 9.52. The third-order valence-corrected chi connectivity index (χ3v) is 7.82. The SMILES string of the molecule is CCOC(=O)c1nn(-c2ccc(OC)cc2)c2c1C1(CC1)CN(c1ccc(N3CCCCC3=O)c(F)c1)C2=O. The van der Waals surface area contributed by atoms with Crippen molar-refractivity contribution in [3.8, 4) is 11.4 Å². The molecule has 0 atom stereocenters. The molecule has 10 heteroatoms. The Bertz CT molecular complexity index is 1480.